The van der Waals surface area contributed by atoms with Crippen LogP contribution in [0.4, 0.5) is 24.5 Å². The van der Waals surface area contributed by atoms with Gasteiger partial charge in [-0.3, -0.25) is 14.5 Å². The Morgan fingerprint density at radius 3 is 2.55 bits per heavy atom. The van der Waals surface area contributed by atoms with Gasteiger partial charge in [-0.15, -0.1) is 0 Å². The average Bonchev–Trinajstić information content (AvgIpc) is 3.64. The number of alkyl halides is 3. The number of likely N-dealkylation sites (N-methyl/N-ethyl adjacent to an activating group) is 1. The number of carbonyl (C=O) groups excluding carboxylic acids is 2. The number of pyridine rings is 1. The maximum atomic E-state index is 14.1. The van der Waals surface area contributed by atoms with Gasteiger partial charge in [0.1, 0.15) is 11.3 Å². The summed E-state index contributed by atoms with van der Waals surface area (Å²) in [5.74, 6) is -0.856. The number of amides is 2. The fourth-order valence-electron chi connectivity index (χ4n) is 5.45. The largest absolute Gasteiger partial charge is 0.416 e. The molecule has 0 unspecified atom stereocenters. The molecule has 5 rings (SSSR count). The van der Waals surface area contributed by atoms with Gasteiger partial charge in [-0.2, -0.15) is 13.2 Å². The Morgan fingerprint density at radius 2 is 1.84 bits per heavy atom. The number of anilines is 2. The van der Waals surface area contributed by atoms with Crippen molar-refractivity contribution in [1.29, 1.82) is 0 Å². The number of benzene rings is 2. The maximum absolute atomic E-state index is 14.1. The predicted molar refractivity (Wildman–Crippen MR) is 165 cm³/mol. The first-order chi connectivity index (χ1) is 20.9. The van der Waals surface area contributed by atoms with Crippen LogP contribution in [0, 0.1) is 6.92 Å². The van der Waals surface area contributed by atoms with Crippen LogP contribution in [-0.4, -0.2) is 71.9 Å². The molecule has 0 radical (unpaired) electrons. The van der Waals surface area contributed by atoms with E-state index in [1.807, 2.05) is 38.1 Å². The number of aryl methyl sites for hydroxylation is 1. The second kappa shape index (κ2) is 12.7. The number of likely N-dealkylation sites (tertiary alicyclic amines) is 1. The van der Waals surface area contributed by atoms with Crippen LogP contribution in [0.3, 0.4) is 0 Å². The molecule has 44 heavy (non-hydrogen) atoms. The van der Waals surface area contributed by atoms with Crippen LogP contribution in [0.5, 0.6) is 0 Å². The second-order valence-corrected chi connectivity index (χ2v) is 11.4. The molecule has 0 bridgehead atoms. The highest BCUT2D eigenvalue weighted by Gasteiger charge is 2.35. The van der Waals surface area contributed by atoms with Gasteiger partial charge >= 0.3 is 6.18 Å². The van der Waals surface area contributed by atoms with Crippen molar-refractivity contribution >= 4 is 34.2 Å². The Morgan fingerprint density at radius 1 is 1.05 bits per heavy atom. The molecule has 1 aliphatic rings. The number of nitrogens with zero attached hydrogens (tertiary/aromatic N) is 3. The molecule has 12 heteroatoms. The van der Waals surface area contributed by atoms with Crippen LogP contribution in [0.15, 0.2) is 54.7 Å². The minimum Gasteiger partial charge on any atom is -0.380 e. The van der Waals surface area contributed by atoms with Crippen molar-refractivity contribution in [1.82, 2.24) is 25.1 Å². The number of aromatic nitrogens is 2. The van der Waals surface area contributed by atoms with Crippen LogP contribution in [-0.2, 0) is 19.3 Å². The van der Waals surface area contributed by atoms with Crippen molar-refractivity contribution in [3.8, 4) is 0 Å². The fourth-order valence-corrected chi connectivity index (χ4v) is 5.45. The topological polar surface area (TPSA) is 105 Å². The van der Waals surface area contributed by atoms with E-state index in [4.69, 9.17) is 0 Å². The zero-order valence-electron chi connectivity index (χ0n) is 25.1. The minimum atomic E-state index is -4.59. The van der Waals surface area contributed by atoms with Gasteiger partial charge in [-0.25, -0.2) is 4.98 Å². The number of halogens is 3. The molecule has 1 saturated heterocycles. The molecule has 232 valence electrons. The monoisotopic (exact) mass is 607 g/mol. The van der Waals surface area contributed by atoms with E-state index in [1.54, 1.807) is 31.4 Å². The summed E-state index contributed by atoms with van der Waals surface area (Å²) in [6, 6.07) is 13.1. The van der Waals surface area contributed by atoms with E-state index >= 15 is 0 Å². The smallest absolute Gasteiger partial charge is 0.380 e. The first kappa shape index (κ1) is 31.0. The molecule has 3 heterocycles. The van der Waals surface area contributed by atoms with Gasteiger partial charge in [0, 0.05) is 55.9 Å². The van der Waals surface area contributed by atoms with Crippen LogP contribution < -0.4 is 16.0 Å². The van der Waals surface area contributed by atoms with E-state index in [2.05, 4.69) is 30.8 Å². The quantitative estimate of drug-likeness (QED) is 0.207. The normalized spacial score (nSPS) is 15.6. The summed E-state index contributed by atoms with van der Waals surface area (Å²) in [7, 11) is 5.51. The standard InChI is InChI=1S/C32H36F3N7O2/c1-19-5-8-24(12-23(19)15-37-25-11-22-14-28(31(44)36-2)40-29(22)38-16-25)39-30(43)20-6-7-21(27(13-20)32(33,34)35)17-42-10-9-26(18-42)41(3)4/h5-8,11-14,16,26,37H,9-10,15,17-18H2,1-4H3,(H,36,44)(H,38,40)(H,39,43)/t26-/m0/s1. The van der Waals surface area contributed by atoms with E-state index in [1.165, 1.54) is 12.1 Å². The molecule has 2 aromatic carbocycles. The third-order valence-corrected chi connectivity index (χ3v) is 8.08. The Labute approximate surface area is 253 Å². The van der Waals surface area contributed by atoms with E-state index in [0.717, 1.165) is 41.2 Å². The highest BCUT2D eigenvalue weighted by molar-refractivity contribution is 6.04. The number of nitrogens with one attached hydrogen (secondary N) is 4. The summed E-state index contributed by atoms with van der Waals surface area (Å²) < 4.78 is 42.2. The molecule has 0 aliphatic carbocycles. The third-order valence-electron chi connectivity index (χ3n) is 8.08. The number of H-pyrrole nitrogens is 1. The summed E-state index contributed by atoms with van der Waals surface area (Å²) in [5, 5.41) is 9.40. The van der Waals surface area contributed by atoms with Gasteiger partial charge < -0.3 is 25.8 Å². The van der Waals surface area contributed by atoms with Crippen LogP contribution in [0.1, 0.15) is 49.5 Å². The van der Waals surface area contributed by atoms with Crippen LogP contribution >= 0.6 is 0 Å². The van der Waals surface area contributed by atoms with Crippen LogP contribution in [0.25, 0.3) is 11.0 Å². The SMILES string of the molecule is CNC(=O)c1cc2cc(NCc3cc(NC(=O)c4ccc(CN5CC[C@H](N(C)C)C5)c(C(F)(F)F)c4)ccc3C)cnc2[nH]1. The zero-order valence-corrected chi connectivity index (χ0v) is 25.1. The lowest BCUT2D eigenvalue weighted by Crippen LogP contribution is -2.31. The molecule has 9 nitrogen and oxygen atoms in total. The van der Waals surface area contributed by atoms with Gasteiger partial charge in [-0.1, -0.05) is 12.1 Å². The van der Waals surface area contributed by atoms with Gasteiger partial charge in [0.05, 0.1) is 17.4 Å². The Balaban J connectivity index is 1.27. The molecule has 4 aromatic rings. The number of fused-ring (bicyclic) bond motifs is 1. The first-order valence-corrected chi connectivity index (χ1v) is 14.4. The Hall–Kier alpha value is -4.42. The lowest BCUT2D eigenvalue weighted by atomic mass is 10.0. The molecule has 1 atom stereocenters. The molecule has 1 fully saturated rings. The van der Waals surface area contributed by atoms with Gasteiger partial charge in [0.15, 0.2) is 0 Å². The molecule has 2 aromatic heterocycles. The van der Waals surface area contributed by atoms with Crippen LogP contribution in [0.2, 0.25) is 0 Å². The number of hydrogen-bond acceptors (Lipinski definition) is 6. The number of rotatable bonds is 9. The number of carbonyl (C=O) groups is 2. The molecule has 4 N–H and O–H groups in total. The first-order valence-electron chi connectivity index (χ1n) is 14.4. The lowest BCUT2D eigenvalue weighted by molar-refractivity contribution is -0.138. The zero-order chi connectivity index (χ0) is 31.6. The second-order valence-electron chi connectivity index (χ2n) is 11.4. The van der Waals surface area contributed by atoms with Crippen molar-refractivity contribution in [3.63, 3.8) is 0 Å². The van der Waals surface area contributed by atoms with Crippen molar-refractivity contribution < 1.29 is 22.8 Å². The molecule has 0 saturated carbocycles. The molecular formula is C32H36F3N7O2. The molecular weight excluding hydrogens is 571 g/mol. The van der Waals surface area contributed by atoms with Gasteiger partial charge in [0.25, 0.3) is 11.8 Å². The third kappa shape index (κ3) is 7.03. The number of aromatic amines is 1. The summed E-state index contributed by atoms with van der Waals surface area (Å²) in [6.07, 6.45) is -2.03. The predicted octanol–water partition coefficient (Wildman–Crippen LogP) is 5.25. The Kier molecular flexibility index (Phi) is 8.93. The highest BCUT2D eigenvalue weighted by atomic mass is 19.4. The van der Waals surface area contributed by atoms with Crippen molar-refractivity contribution in [3.05, 3.63) is 88.2 Å². The van der Waals surface area contributed by atoms with E-state index < -0.39 is 17.6 Å². The Bertz CT molecular complexity index is 1680. The average molecular weight is 608 g/mol. The molecule has 2 amide bonds. The van der Waals surface area contributed by atoms with Crippen molar-refractivity contribution in [2.45, 2.75) is 38.7 Å². The number of hydrogen-bond donors (Lipinski definition) is 4. The van der Waals surface area contributed by atoms with Crippen molar-refractivity contribution in [2.75, 3.05) is 44.9 Å². The maximum Gasteiger partial charge on any atom is 0.416 e. The minimum absolute atomic E-state index is 0.0593. The summed E-state index contributed by atoms with van der Waals surface area (Å²) in [6.45, 7) is 3.95. The van der Waals surface area contributed by atoms with E-state index in [0.29, 0.717) is 36.2 Å². The molecule has 0 spiro atoms. The summed E-state index contributed by atoms with van der Waals surface area (Å²) in [4.78, 5) is 36.5. The van der Waals surface area contributed by atoms with E-state index in [-0.39, 0.29) is 23.6 Å². The molecule has 1 aliphatic heterocycles. The summed E-state index contributed by atoms with van der Waals surface area (Å²) in [5.41, 5.74) is 3.37. The highest BCUT2D eigenvalue weighted by Crippen LogP contribution is 2.34. The van der Waals surface area contributed by atoms with E-state index in [9.17, 15) is 22.8 Å². The summed E-state index contributed by atoms with van der Waals surface area (Å²) >= 11 is 0. The van der Waals surface area contributed by atoms with Gasteiger partial charge in [0.2, 0.25) is 0 Å². The van der Waals surface area contributed by atoms with Gasteiger partial charge in [-0.05, 0) is 80.5 Å². The fraction of sp³-hybridized carbons (Fsp3) is 0.344. The lowest BCUT2D eigenvalue weighted by Gasteiger charge is -2.22. The van der Waals surface area contributed by atoms with Crippen molar-refractivity contribution in [2.24, 2.45) is 0 Å².